The van der Waals surface area contributed by atoms with Crippen molar-refractivity contribution in [3.05, 3.63) is 87.1 Å². The highest BCUT2D eigenvalue weighted by atomic mass is 35.5. The summed E-state index contributed by atoms with van der Waals surface area (Å²) < 4.78 is 33.9. The molecule has 30 heavy (non-hydrogen) atoms. The Morgan fingerprint density at radius 2 is 1.93 bits per heavy atom. The van der Waals surface area contributed by atoms with E-state index in [4.69, 9.17) is 16.0 Å². The molecule has 0 bridgehead atoms. The van der Waals surface area contributed by atoms with Crippen LogP contribution in [0.25, 0.3) is 11.5 Å². The van der Waals surface area contributed by atoms with Crippen LogP contribution >= 0.6 is 11.6 Å². The summed E-state index contributed by atoms with van der Waals surface area (Å²) in [5.74, 6) is -0.931. The zero-order valence-corrected chi connectivity index (χ0v) is 16.3. The van der Waals surface area contributed by atoms with Gasteiger partial charge in [-0.05, 0) is 42.3 Å². The molecule has 0 unspecified atom stereocenters. The van der Waals surface area contributed by atoms with Crippen LogP contribution in [0, 0.1) is 18.6 Å². The van der Waals surface area contributed by atoms with Crippen molar-refractivity contribution in [3.8, 4) is 11.5 Å². The molecule has 0 fully saturated rings. The van der Waals surface area contributed by atoms with Crippen LogP contribution < -0.4 is 10.9 Å². The lowest BCUT2D eigenvalue weighted by molar-refractivity contribution is 0.568. The van der Waals surface area contributed by atoms with Crippen molar-refractivity contribution in [2.45, 2.75) is 13.5 Å². The smallest absolute Gasteiger partial charge is 0.293 e. The SMILES string of the molecule is Cc1ccc(-c2nnco2)cc1Nc1nc(=O)c(Cl)cn1Cc1cc(F)cc(F)c1. The Balaban J connectivity index is 1.73. The Morgan fingerprint density at radius 3 is 2.63 bits per heavy atom. The van der Waals surface area contributed by atoms with Crippen LogP contribution in [0.4, 0.5) is 20.4 Å². The molecule has 0 amide bonds. The number of aryl methyl sites for hydroxylation is 1. The van der Waals surface area contributed by atoms with Crippen molar-refractivity contribution < 1.29 is 13.2 Å². The summed E-state index contributed by atoms with van der Waals surface area (Å²) in [6, 6.07) is 8.58. The van der Waals surface area contributed by atoms with Crippen LogP contribution in [0.5, 0.6) is 0 Å². The van der Waals surface area contributed by atoms with Crippen molar-refractivity contribution in [2.24, 2.45) is 0 Å². The third-order valence-electron chi connectivity index (χ3n) is 4.32. The van der Waals surface area contributed by atoms with Gasteiger partial charge in [0.1, 0.15) is 16.7 Å². The van der Waals surface area contributed by atoms with Crippen molar-refractivity contribution in [1.82, 2.24) is 19.7 Å². The van der Waals surface area contributed by atoms with Crippen molar-refractivity contribution in [3.63, 3.8) is 0 Å². The normalized spacial score (nSPS) is 10.9. The molecule has 7 nitrogen and oxygen atoms in total. The van der Waals surface area contributed by atoms with Gasteiger partial charge in [-0.25, -0.2) is 8.78 Å². The predicted molar refractivity (Wildman–Crippen MR) is 107 cm³/mol. The molecule has 4 rings (SSSR count). The van der Waals surface area contributed by atoms with E-state index in [0.717, 1.165) is 11.6 Å². The van der Waals surface area contributed by atoms with Gasteiger partial charge in [-0.15, -0.1) is 10.2 Å². The minimum atomic E-state index is -0.706. The topological polar surface area (TPSA) is 85.8 Å². The lowest BCUT2D eigenvalue weighted by Gasteiger charge is -2.16. The van der Waals surface area contributed by atoms with Gasteiger partial charge < -0.3 is 14.3 Å². The summed E-state index contributed by atoms with van der Waals surface area (Å²) in [6.07, 6.45) is 2.58. The summed E-state index contributed by atoms with van der Waals surface area (Å²) in [6.45, 7) is 1.90. The number of rotatable bonds is 5. The van der Waals surface area contributed by atoms with Crippen molar-refractivity contribution in [2.75, 3.05) is 5.32 Å². The average molecular weight is 430 g/mol. The van der Waals surface area contributed by atoms with E-state index in [-0.39, 0.29) is 17.5 Å². The second kappa shape index (κ2) is 8.03. The fourth-order valence-corrected chi connectivity index (χ4v) is 3.06. The standard InChI is InChI=1S/C20H14ClF2N5O2/c1-11-2-3-13(19-27-24-10-30-19)6-17(11)25-20-26-18(29)16(21)9-28(20)8-12-4-14(22)7-15(23)5-12/h2-7,9-10H,8H2,1H3,(H,25,26,29). The fraction of sp³-hybridized carbons (Fsp3) is 0.100. The van der Waals surface area contributed by atoms with E-state index in [0.29, 0.717) is 22.7 Å². The molecule has 10 heteroatoms. The molecule has 0 aliphatic rings. The summed E-state index contributed by atoms with van der Waals surface area (Å²) in [5, 5.41) is 10.5. The van der Waals surface area contributed by atoms with Crippen LogP contribution in [0.2, 0.25) is 5.02 Å². The number of hydrogen-bond donors (Lipinski definition) is 1. The third-order valence-corrected chi connectivity index (χ3v) is 4.58. The summed E-state index contributed by atoms with van der Waals surface area (Å²) >= 11 is 5.94. The van der Waals surface area contributed by atoms with Gasteiger partial charge in [-0.3, -0.25) is 4.79 Å². The van der Waals surface area contributed by atoms with E-state index >= 15 is 0 Å². The molecular formula is C20H14ClF2N5O2. The zero-order valence-electron chi connectivity index (χ0n) is 15.6. The first-order chi connectivity index (χ1) is 14.4. The van der Waals surface area contributed by atoms with Gasteiger partial charge in [0.25, 0.3) is 5.56 Å². The Kier molecular flexibility index (Phi) is 5.28. The second-order valence-corrected chi connectivity index (χ2v) is 6.93. The fourth-order valence-electron chi connectivity index (χ4n) is 2.90. The molecular weight excluding hydrogens is 416 g/mol. The number of halogens is 3. The van der Waals surface area contributed by atoms with Gasteiger partial charge in [-0.2, -0.15) is 4.98 Å². The summed E-state index contributed by atoms with van der Waals surface area (Å²) in [4.78, 5) is 16.0. The summed E-state index contributed by atoms with van der Waals surface area (Å²) in [7, 11) is 0. The maximum absolute atomic E-state index is 13.6. The first kappa shape index (κ1) is 19.7. The van der Waals surface area contributed by atoms with E-state index in [1.165, 1.54) is 29.3 Å². The molecule has 1 N–H and O–H groups in total. The van der Waals surface area contributed by atoms with Crippen LogP contribution in [0.3, 0.4) is 0 Å². The van der Waals surface area contributed by atoms with E-state index in [1.54, 1.807) is 6.07 Å². The van der Waals surface area contributed by atoms with Crippen molar-refractivity contribution >= 4 is 23.2 Å². The number of nitrogens with one attached hydrogen (secondary N) is 1. The van der Waals surface area contributed by atoms with Crippen LogP contribution in [0.1, 0.15) is 11.1 Å². The number of nitrogens with zero attached hydrogens (tertiary/aromatic N) is 4. The lowest BCUT2D eigenvalue weighted by Crippen LogP contribution is -2.18. The van der Waals surface area contributed by atoms with Crippen molar-refractivity contribution in [1.29, 1.82) is 0 Å². The highest BCUT2D eigenvalue weighted by Gasteiger charge is 2.12. The van der Waals surface area contributed by atoms with Gasteiger partial charge in [-0.1, -0.05) is 17.7 Å². The quantitative estimate of drug-likeness (QED) is 0.508. The minimum absolute atomic E-state index is 0.0341. The van der Waals surface area contributed by atoms with Gasteiger partial charge in [0.15, 0.2) is 0 Å². The number of anilines is 2. The largest absolute Gasteiger partial charge is 0.423 e. The molecule has 2 aromatic heterocycles. The highest BCUT2D eigenvalue weighted by molar-refractivity contribution is 6.30. The molecule has 0 saturated heterocycles. The molecule has 0 atom stereocenters. The Hall–Kier alpha value is -3.59. The molecule has 0 spiro atoms. The first-order valence-corrected chi connectivity index (χ1v) is 9.13. The Labute approximate surface area is 174 Å². The van der Waals surface area contributed by atoms with Crippen LogP contribution in [0.15, 0.2) is 58.2 Å². The van der Waals surface area contributed by atoms with Gasteiger partial charge in [0, 0.05) is 23.5 Å². The van der Waals surface area contributed by atoms with Gasteiger partial charge >= 0.3 is 0 Å². The minimum Gasteiger partial charge on any atom is -0.423 e. The maximum atomic E-state index is 13.6. The molecule has 0 saturated carbocycles. The second-order valence-electron chi connectivity index (χ2n) is 6.52. The van der Waals surface area contributed by atoms with E-state index in [9.17, 15) is 13.6 Å². The lowest BCUT2D eigenvalue weighted by atomic mass is 10.1. The Bertz CT molecular complexity index is 1250. The molecule has 0 radical (unpaired) electrons. The van der Waals surface area contributed by atoms with E-state index in [1.807, 2.05) is 19.1 Å². The summed E-state index contributed by atoms with van der Waals surface area (Å²) in [5.41, 5.74) is 1.85. The highest BCUT2D eigenvalue weighted by Crippen LogP contribution is 2.26. The van der Waals surface area contributed by atoms with E-state index < -0.39 is 17.2 Å². The number of hydrogen-bond acceptors (Lipinski definition) is 6. The van der Waals surface area contributed by atoms with Gasteiger partial charge in [0.05, 0.1) is 6.54 Å². The zero-order chi connectivity index (χ0) is 21.3. The number of aromatic nitrogens is 4. The molecule has 2 heterocycles. The number of benzene rings is 2. The monoisotopic (exact) mass is 429 g/mol. The maximum Gasteiger partial charge on any atom is 0.293 e. The molecule has 152 valence electrons. The Morgan fingerprint density at radius 1 is 1.17 bits per heavy atom. The first-order valence-electron chi connectivity index (χ1n) is 8.75. The van der Waals surface area contributed by atoms with Crippen LogP contribution in [-0.4, -0.2) is 19.7 Å². The molecule has 2 aromatic carbocycles. The van der Waals surface area contributed by atoms with Gasteiger partial charge in [0.2, 0.25) is 18.2 Å². The third kappa shape index (κ3) is 4.20. The average Bonchev–Trinajstić information content (AvgIpc) is 3.21. The van der Waals surface area contributed by atoms with Crippen LogP contribution in [-0.2, 0) is 6.54 Å². The molecule has 0 aliphatic heterocycles. The molecule has 4 aromatic rings. The predicted octanol–water partition coefficient (Wildman–Crippen LogP) is 4.33. The van der Waals surface area contributed by atoms with E-state index in [2.05, 4.69) is 20.5 Å². The molecule has 0 aliphatic carbocycles.